The summed E-state index contributed by atoms with van der Waals surface area (Å²) in [5.74, 6) is 1.36. The third-order valence-corrected chi connectivity index (χ3v) is 12.0. The predicted octanol–water partition coefficient (Wildman–Crippen LogP) is 7.96. The van der Waals surface area contributed by atoms with E-state index in [2.05, 4.69) is 70.1 Å². The van der Waals surface area contributed by atoms with E-state index in [4.69, 9.17) is 15.5 Å². The van der Waals surface area contributed by atoms with Gasteiger partial charge < -0.3 is 35.3 Å². The van der Waals surface area contributed by atoms with Gasteiger partial charge in [0.1, 0.15) is 23.4 Å². The van der Waals surface area contributed by atoms with E-state index in [0.29, 0.717) is 25.3 Å². The van der Waals surface area contributed by atoms with Gasteiger partial charge in [-0.1, -0.05) is 105 Å². The summed E-state index contributed by atoms with van der Waals surface area (Å²) in [6.45, 7) is 6.98. The van der Waals surface area contributed by atoms with Crippen molar-refractivity contribution in [3.63, 3.8) is 0 Å². The number of phenolic OH excluding ortho intramolecular Hbond substituents is 1. The van der Waals surface area contributed by atoms with E-state index in [9.17, 15) is 19.5 Å². The highest BCUT2D eigenvalue weighted by molar-refractivity contribution is 5.85. The molecule has 6 aromatic rings. The first-order chi connectivity index (χ1) is 29.7. The van der Waals surface area contributed by atoms with Gasteiger partial charge in [-0.3, -0.25) is 14.5 Å². The fourth-order valence-electron chi connectivity index (χ4n) is 8.86. The topological polar surface area (TPSA) is 174 Å². The molecule has 4 atom stereocenters. The van der Waals surface area contributed by atoms with E-state index in [1.54, 1.807) is 23.2 Å². The number of rotatable bonds is 14. The molecule has 2 aromatic heterocycles. The number of ether oxygens (including phenoxy) is 1. The van der Waals surface area contributed by atoms with Crippen molar-refractivity contribution in [2.45, 2.75) is 70.2 Å². The largest absolute Gasteiger partial charge is 0.508 e. The van der Waals surface area contributed by atoms with E-state index in [-0.39, 0.29) is 42.1 Å². The Morgan fingerprint density at radius 1 is 0.721 bits per heavy atom. The minimum atomic E-state index is -1.10. The van der Waals surface area contributed by atoms with E-state index >= 15 is 0 Å². The zero-order chi connectivity index (χ0) is 42.5. The van der Waals surface area contributed by atoms with Crippen molar-refractivity contribution in [2.75, 3.05) is 26.2 Å². The summed E-state index contributed by atoms with van der Waals surface area (Å²) >= 11 is 0. The molecular formula is C48H52N8O5. The van der Waals surface area contributed by atoms with E-state index in [0.717, 1.165) is 82.9 Å². The molecular weight excluding hydrogens is 769 g/mol. The van der Waals surface area contributed by atoms with Crippen LogP contribution in [0, 0.1) is 0 Å². The summed E-state index contributed by atoms with van der Waals surface area (Å²) in [4.78, 5) is 62.2. The normalized spacial score (nSPS) is 17.4. The molecule has 5 N–H and O–H groups in total. The molecule has 2 fully saturated rings. The van der Waals surface area contributed by atoms with Gasteiger partial charge in [-0.15, -0.1) is 0 Å². The summed E-state index contributed by atoms with van der Waals surface area (Å²) in [6, 6.07) is 32.4. The second kappa shape index (κ2) is 18.3. The second-order valence-electron chi connectivity index (χ2n) is 15.7. The van der Waals surface area contributed by atoms with Crippen molar-refractivity contribution >= 4 is 17.9 Å². The summed E-state index contributed by atoms with van der Waals surface area (Å²) in [7, 11) is 0. The molecule has 0 saturated carbocycles. The van der Waals surface area contributed by atoms with Crippen LogP contribution in [0.25, 0.3) is 33.6 Å². The van der Waals surface area contributed by atoms with Gasteiger partial charge in [0.15, 0.2) is 6.10 Å². The molecule has 0 spiro atoms. The Hall–Kier alpha value is -6.73. The van der Waals surface area contributed by atoms with Gasteiger partial charge >= 0.3 is 6.09 Å². The van der Waals surface area contributed by atoms with Crippen LogP contribution >= 0.6 is 0 Å². The maximum atomic E-state index is 14.2. The van der Waals surface area contributed by atoms with Gasteiger partial charge in [0.2, 0.25) is 5.91 Å². The van der Waals surface area contributed by atoms with E-state index in [1.165, 1.54) is 12.1 Å². The maximum absolute atomic E-state index is 14.2. The number of nitrogens with zero attached hydrogens (tertiary/aromatic N) is 5. The molecule has 0 radical (unpaired) electrons. The molecule has 2 aliphatic rings. The van der Waals surface area contributed by atoms with Crippen LogP contribution in [0.15, 0.2) is 116 Å². The smallest absolute Gasteiger partial charge is 0.405 e. The number of aromatic amines is 2. The quantitative estimate of drug-likeness (QED) is 0.0857. The Kier molecular flexibility index (Phi) is 12.3. The highest BCUT2D eigenvalue weighted by Crippen LogP contribution is 2.37. The lowest BCUT2D eigenvalue weighted by atomic mass is 10.0. The van der Waals surface area contributed by atoms with Gasteiger partial charge in [0.05, 0.1) is 35.9 Å². The number of hydrogen-bond acceptors (Lipinski definition) is 8. The summed E-state index contributed by atoms with van der Waals surface area (Å²) in [6.07, 6.45) is 4.92. The molecule has 13 heteroatoms. The van der Waals surface area contributed by atoms with Gasteiger partial charge in [-0.25, -0.2) is 14.8 Å². The number of aromatic nitrogens is 4. The molecule has 0 bridgehead atoms. The Labute approximate surface area is 355 Å². The van der Waals surface area contributed by atoms with Crippen LogP contribution in [0.4, 0.5) is 4.79 Å². The molecule has 8 rings (SSSR count). The van der Waals surface area contributed by atoms with Crippen LogP contribution in [-0.4, -0.2) is 89.9 Å². The van der Waals surface area contributed by atoms with Crippen molar-refractivity contribution in [2.24, 2.45) is 5.73 Å². The predicted molar refractivity (Wildman–Crippen MR) is 233 cm³/mol. The first-order valence-corrected chi connectivity index (χ1v) is 21.2. The van der Waals surface area contributed by atoms with Crippen molar-refractivity contribution in [3.05, 3.63) is 138 Å². The number of H-pyrrole nitrogens is 2. The molecule has 0 unspecified atom stereocenters. The minimum absolute atomic E-state index is 0.103. The van der Waals surface area contributed by atoms with Crippen LogP contribution in [-0.2, 0) is 20.7 Å². The number of phenols is 1. The Balaban J connectivity index is 0.922. The van der Waals surface area contributed by atoms with Crippen molar-refractivity contribution in [3.8, 4) is 39.4 Å². The van der Waals surface area contributed by atoms with E-state index in [1.807, 2.05) is 53.6 Å². The number of nitrogens with one attached hydrogen (secondary N) is 2. The number of nitrogens with two attached hydrogens (primary N) is 1. The van der Waals surface area contributed by atoms with Gasteiger partial charge in [-0.05, 0) is 84.3 Å². The fraction of sp³-hybridized carbons (Fsp3) is 0.312. The standard InChI is InChI=1S/C48H52N8O5/c1-3-54(4-2)43(36-10-6-5-7-11-36)47(59)56-27-9-13-41(56)45-51-30-39(53-45)35-22-18-33(19-23-35)32-16-20-34(21-17-32)38-29-50-44(52-38)40-12-8-26-55(40)46(58)42(61-48(49)60)28-31-14-24-37(57)25-15-31/h5-7,10-11,14-25,29-30,40-43,57H,3-4,8-9,12-13,26-28H2,1-2H3,(H2,49,60)(H,50,52)(H,51,53)/t40-,41-,42-,43+/m0/s1. The third kappa shape index (κ3) is 8.92. The molecule has 13 nitrogen and oxygen atoms in total. The zero-order valence-electron chi connectivity index (χ0n) is 34.5. The third-order valence-electron chi connectivity index (χ3n) is 12.0. The molecule has 0 aliphatic carbocycles. The Bertz CT molecular complexity index is 2430. The molecule has 2 saturated heterocycles. The van der Waals surface area contributed by atoms with Gasteiger partial charge in [-0.2, -0.15) is 0 Å². The number of aromatic hydroxyl groups is 1. The van der Waals surface area contributed by atoms with Crippen molar-refractivity contribution in [1.82, 2.24) is 34.6 Å². The maximum Gasteiger partial charge on any atom is 0.405 e. The number of likely N-dealkylation sites (tertiary alicyclic amines) is 2. The molecule has 4 aromatic carbocycles. The highest BCUT2D eigenvalue weighted by Gasteiger charge is 2.39. The first kappa shape index (κ1) is 41.0. The molecule has 4 heterocycles. The molecule has 3 amide bonds. The van der Waals surface area contributed by atoms with Crippen LogP contribution < -0.4 is 5.73 Å². The number of imidazole rings is 2. The number of amides is 3. The zero-order valence-corrected chi connectivity index (χ0v) is 34.5. The minimum Gasteiger partial charge on any atom is -0.508 e. The van der Waals surface area contributed by atoms with Crippen molar-refractivity contribution in [1.29, 1.82) is 0 Å². The number of carbonyl (C=O) groups excluding carboxylic acids is 3. The summed E-state index contributed by atoms with van der Waals surface area (Å²) in [5, 5.41) is 9.67. The lowest BCUT2D eigenvalue weighted by Crippen LogP contribution is -2.43. The summed E-state index contributed by atoms with van der Waals surface area (Å²) < 4.78 is 5.29. The molecule has 314 valence electrons. The molecule has 61 heavy (non-hydrogen) atoms. The van der Waals surface area contributed by atoms with Gasteiger partial charge in [0, 0.05) is 19.5 Å². The summed E-state index contributed by atoms with van der Waals surface area (Å²) in [5.41, 5.74) is 12.9. The highest BCUT2D eigenvalue weighted by atomic mass is 16.6. The van der Waals surface area contributed by atoms with Crippen LogP contribution in [0.1, 0.15) is 80.4 Å². The average molecular weight is 821 g/mol. The monoisotopic (exact) mass is 820 g/mol. The molecule has 2 aliphatic heterocycles. The fourth-order valence-corrected chi connectivity index (χ4v) is 8.86. The van der Waals surface area contributed by atoms with Crippen LogP contribution in [0.2, 0.25) is 0 Å². The first-order valence-electron chi connectivity index (χ1n) is 21.2. The number of benzene rings is 4. The lowest BCUT2D eigenvalue weighted by Gasteiger charge is -2.34. The number of primary amides is 1. The number of hydrogen-bond donors (Lipinski definition) is 4. The van der Waals surface area contributed by atoms with Crippen LogP contribution in [0.3, 0.4) is 0 Å². The lowest BCUT2D eigenvalue weighted by molar-refractivity contribution is -0.141. The Morgan fingerprint density at radius 2 is 1.21 bits per heavy atom. The SMILES string of the molecule is CCN(CC)[C@@H](C(=O)N1CCC[C@H]1c1ncc(-c2ccc(-c3ccc(-c4cnc([C@@H]5CCCN5C(=O)[C@H](Cc5ccc(O)cc5)OC(N)=O)[nH]4)cc3)cc2)[nH]1)c1ccccc1. The average Bonchev–Trinajstić information content (AvgIpc) is 4.13. The Morgan fingerprint density at radius 3 is 1.70 bits per heavy atom. The van der Waals surface area contributed by atoms with E-state index < -0.39 is 12.2 Å². The van der Waals surface area contributed by atoms with Crippen LogP contribution in [0.5, 0.6) is 5.75 Å². The number of carbonyl (C=O) groups is 3. The van der Waals surface area contributed by atoms with Crippen molar-refractivity contribution < 1.29 is 24.2 Å². The van der Waals surface area contributed by atoms with Gasteiger partial charge in [0.25, 0.3) is 5.91 Å². The number of likely N-dealkylation sites (N-methyl/N-ethyl adjacent to an activating group) is 1. The second-order valence-corrected chi connectivity index (χ2v) is 15.7.